The standard InChI is InChI=1S/C25H35N7O2S/c1-5-27-23(33)31-24-30-20-12-17(11-18(13-26-4)21(20)35-24)19-14-28-22(29-15-19)32-9-7-25(3,8-10-32)16-34-6-2/h11-12,14-15,26H,5-10,13,16H2,1-4H3,(H2,27,30,31,33). The summed E-state index contributed by atoms with van der Waals surface area (Å²) >= 11 is 1.48. The van der Waals surface area contributed by atoms with Crippen molar-refractivity contribution in [1.29, 1.82) is 0 Å². The normalized spacial score (nSPS) is 15.4. The van der Waals surface area contributed by atoms with Crippen LogP contribution in [-0.4, -0.2) is 60.9 Å². The van der Waals surface area contributed by atoms with E-state index in [4.69, 9.17) is 14.7 Å². The van der Waals surface area contributed by atoms with E-state index in [0.717, 1.165) is 72.0 Å². The van der Waals surface area contributed by atoms with Gasteiger partial charge in [-0.15, -0.1) is 0 Å². The molecule has 0 unspecified atom stereocenters. The van der Waals surface area contributed by atoms with Gasteiger partial charge in [0.25, 0.3) is 0 Å². The van der Waals surface area contributed by atoms with Gasteiger partial charge in [-0.05, 0) is 62.4 Å². The average molecular weight is 498 g/mol. The molecule has 3 aromatic rings. The van der Waals surface area contributed by atoms with E-state index < -0.39 is 0 Å². The molecule has 3 heterocycles. The second kappa shape index (κ2) is 11.3. The third-order valence-corrected chi connectivity index (χ3v) is 7.43. The monoisotopic (exact) mass is 497 g/mol. The number of thiazole rings is 1. The SMILES string of the molecule is CCNC(=O)Nc1nc2cc(-c3cnc(N4CCC(C)(COCC)CC4)nc3)cc(CNC)c2s1. The van der Waals surface area contributed by atoms with Crippen molar-refractivity contribution in [2.24, 2.45) is 5.41 Å². The third kappa shape index (κ3) is 6.06. The van der Waals surface area contributed by atoms with E-state index >= 15 is 0 Å². The Balaban J connectivity index is 1.52. The first-order valence-electron chi connectivity index (χ1n) is 12.2. The van der Waals surface area contributed by atoms with E-state index in [9.17, 15) is 4.79 Å². The van der Waals surface area contributed by atoms with Crippen LogP contribution < -0.4 is 20.9 Å². The highest BCUT2D eigenvalue weighted by Gasteiger charge is 2.31. The Kier molecular flexibility index (Phi) is 8.15. The van der Waals surface area contributed by atoms with E-state index in [0.29, 0.717) is 18.2 Å². The second-order valence-electron chi connectivity index (χ2n) is 9.22. The van der Waals surface area contributed by atoms with Crippen molar-refractivity contribution in [1.82, 2.24) is 25.6 Å². The topological polar surface area (TPSA) is 104 Å². The molecule has 35 heavy (non-hydrogen) atoms. The first-order chi connectivity index (χ1) is 16.9. The van der Waals surface area contributed by atoms with E-state index in [1.54, 1.807) is 0 Å². The molecule has 2 aromatic heterocycles. The molecule has 0 aliphatic carbocycles. The summed E-state index contributed by atoms with van der Waals surface area (Å²) in [7, 11) is 1.92. The minimum atomic E-state index is -0.248. The molecule has 1 aliphatic heterocycles. The number of hydrogen-bond acceptors (Lipinski definition) is 8. The van der Waals surface area contributed by atoms with Gasteiger partial charge in [-0.25, -0.2) is 19.7 Å². The van der Waals surface area contributed by atoms with Gasteiger partial charge >= 0.3 is 6.03 Å². The third-order valence-electron chi connectivity index (χ3n) is 6.37. The lowest BCUT2D eigenvalue weighted by Gasteiger charge is -2.39. The molecular weight excluding hydrogens is 462 g/mol. The number of fused-ring (bicyclic) bond motifs is 1. The largest absolute Gasteiger partial charge is 0.381 e. The van der Waals surface area contributed by atoms with Gasteiger partial charge in [-0.2, -0.15) is 0 Å². The number of benzene rings is 1. The maximum atomic E-state index is 11.9. The molecular formula is C25H35N7O2S. The van der Waals surface area contributed by atoms with Crippen LogP contribution in [-0.2, 0) is 11.3 Å². The second-order valence-corrected chi connectivity index (χ2v) is 10.2. The van der Waals surface area contributed by atoms with Crippen molar-refractivity contribution in [2.75, 3.05) is 50.1 Å². The number of aromatic nitrogens is 3. The van der Waals surface area contributed by atoms with E-state index in [1.807, 2.05) is 39.4 Å². The maximum absolute atomic E-state index is 11.9. The van der Waals surface area contributed by atoms with Crippen molar-refractivity contribution in [3.8, 4) is 11.1 Å². The Labute approximate surface area is 210 Å². The molecule has 4 rings (SSSR count). The number of hydrogen-bond donors (Lipinski definition) is 3. The first kappa shape index (κ1) is 25.3. The lowest BCUT2D eigenvalue weighted by Crippen LogP contribution is -2.41. The van der Waals surface area contributed by atoms with E-state index in [1.165, 1.54) is 11.3 Å². The smallest absolute Gasteiger partial charge is 0.321 e. The van der Waals surface area contributed by atoms with Crippen LogP contribution in [0.1, 0.15) is 39.2 Å². The fourth-order valence-electron chi connectivity index (χ4n) is 4.32. The van der Waals surface area contributed by atoms with Gasteiger partial charge in [0.05, 0.1) is 16.8 Å². The number of amides is 2. The Morgan fingerprint density at radius 2 is 1.91 bits per heavy atom. The number of urea groups is 1. The number of carbonyl (C=O) groups is 1. The van der Waals surface area contributed by atoms with Gasteiger partial charge in [0.15, 0.2) is 5.13 Å². The zero-order valence-electron chi connectivity index (χ0n) is 21.0. The molecule has 0 radical (unpaired) electrons. The zero-order valence-corrected chi connectivity index (χ0v) is 21.8. The molecule has 0 bridgehead atoms. The summed E-state index contributed by atoms with van der Waals surface area (Å²) in [6.45, 7) is 10.9. The molecule has 3 N–H and O–H groups in total. The van der Waals surface area contributed by atoms with Crippen molar-refractivity contribution in [3.05, 3.63) is 30.1 Å². The molecule has 10 heteroatoms. The first-order valence-corrected chi connectivity index (χ1v) is 13.0. The molecule has 9 nitrogen and oxygen atoms in total. The summed E-state index contributed by atoms with van der Waals surface area (Å²) in [4.78, 5) is 28.2. The molecule has 1 saturated heterocycles. The molecule has 1 aromatic carbocycles. The van der Waals surface area contributed by atoms with Crippen molar-refractivity contribution < 1.29 is 9.53 Å². The molecule has 0 spiro atoms. The molecule has 1 fully saturated rings. The van der Waals surface area contributed by atoms with Gasteiger partial charge in [-0.3, -0.25) is 5.32 Å². The quantitative estimate of drug-likeness (QED) is 0.406. The number of nitrogens with zero attached hydrogens (tertiary/aromatic N) is 4. The summed E-state index contributed by atoms with van der Waals surface area (Å²) in [5.41, 5.74) is 4.14. The summed E-state index contributed by atoms with van der Waals surface area (Å²) in [5.74, 6) is 0.769. The fraction of sp³-hybridized carbons (Fsp3) is 0.520. The molecule has 188 valence electrons. The highest BCUT2D eigenvalue weighted by Crippen LogP contribution is 2.35. The van der Waals surface area contributed by atoms with Gasteiger partial charge in [-0.1, -0.05) is 18.3 Å². The van der Waals surface area contributed by atoms with Crippen LogP contribution in [0.2, 0.25) is 0 Å². The van der Waals surface area contributed by atoms with Crippen LogP contribution in [0.3, 0.4) is 0 Å². The van der Waals surface area contributed by atoms with E-state index in [-0.39, 0.29) is 11.4 Å². The van der Waals surface area contributed by atoms with Crippen LogP contribution in [0, 0.1) is 5.41 Å². The van der Waals surface area contributed by atoms with Crippen LogP contribution in [0.4, 0.5) is 15.9 Å². The lowest BCUT2D eigenvalue weighted by atomic mass is 9.81. The highest BCUT2D eigenvalue weighted by molar-refractivity contribution is 7.22. The van der Waals surface area contributed by atoms with Crippen molar-refractivity contribution >= 4 is 38.7 Å². The van der Waals surface area contributed by atoms with Gasteiger partial charge < -0.3 is 20.3 Å². The summed E-state index contributed by atoms with van der Waals surface area (Å²) in [6, 6.07) is 3.93. The number of nitrogens with one attached hydrogen (secondary N) is 3. The van der Waals surface area contributed by atoms with Crippen LogP contribution in [0.25, 0.3) is 21.3 Å². The van der Waals surface area contributed by atoms with Crippen molar-refractivity contribution in [3.63, 3.8) is 0 Å². The number of carbonyl (C=O) groups excluding carboxylic acids is 1. The Hall–Kier alpha value is -2.82. The van der Waals surface area contributed by atoms with E-state index in [2.05, 4.69) is 38.8 Å². The number of piperidine rings is 1. The molecule has 0 saturated carbocycles. The Morgan fingerprint density at radius 3 is 2.57 bits per heavy atom. The zero-order chi connectivity index (χ0) is 24.8. The lowest BCUT2D eigenvalue weighted by molar-refractivity contribution is 0.0458. The average Bonchev–Trinajstić information content (AvgIpc) is 3.26. The molecule has 2 amide bonds. The number of rotatable bonds is 9. The predicted molar refractivity (Wildman–Crippen MR) is 142 cm³/mol. The number of ether oxygens (including phenoxy) is 1. The van der Waals surface area contributed by atoms with Crippen molar-refractivity contribution in [2.45, 2.75) is 40.2 Å². The van der Waals surface area contributed by atoms with Crippen LogP contribution >= 0.6 is 11.3 Å². The Morgan fingerprint density at radius 1 is 1.17 bits per heavy atom. The Bertz CT molecular complexity index is 1140. The van der Waals surface area contributed by atoms with Crippen LogP contribution in [0.5, 0.6) is 0 Å². The minimum Gasteiger partial charge on any atom is -0.381 e. The predicted octanol–water partition coefficient (Wildman–Crippen LogP) is 4.26. The van der Waals surface area contributed by atoms with Gasteiger partial charge in [0, 0.05) is 50.7 Å². The fourth-order valence-corrected chi connectivity index (χ4v) is 5.27. The summed E-state index contributed by atoms with van der Waals surface area (Å²) < 4.78 is 6.74. The number of anilines is 2. The summed E-state index contributed by atoms with van der Waals surface area (Å²) in [5, 5.41) is 9.37. The summed E-state index contributed by atoms with van der Waals surface area (Å²) in [6.07, 6.45) is 5.92. The highest BCUT2D eigenvalue weighted by atomic mass is 32.1. The van der Waals surface area contributed by atoms with Gasteiger partial charge in [0.1, 0.15) is 0 Å². The molecule has 1 aliphatic rings. The molecule has 0 atom stereocenters. The van der Waals surface area contributed by atoms with Gasteiger partial charge in [0.2, 0.25) is 5.95 Å². The minimum absolute atomic E-state index is 0.226. The van der Waals surface area contributed by atoms with Crippen LogP contribution in [0.15, 0.2) is 24.5 Å². The maximum Gasteiger partial charge on any atom is 0.321 e.